The first-order valence-corrected chi connectivity index (χ1v) is 6.00. The summed E-state index contributed by atoms with van der Waals surface area (Å²) in [5, 5.41) is 20.2. The van der Waals surface area contributed by atoms with E-state index in [1.807, 2.05) is 0 Å². The number of urea groups is 1. The lowest BCUT2D eigenvalue weighted by atomic mass is 10.1. The van der Waals surface area contributed by atoms with E-state index in [1.165, 1.54) is 4.90 Å². The molecule has 0 aliphatic carbocycles. The molecule has 3 N–H and O–H groups in total. The Balaban J connectivity index is 3.86. The van der Waals surface area contributed by atoms with Crippen molar-refractivity contribution in [2.75, 3.05) is 26.2 Å². The Morgan fingerprint density at radius 3 is 2.67 bits per heavy atom. The van der Waals surface area contributed by atoms with E-state index in [0.717, 1.165) is 0 Å². The lowest BCUT2D eigenvalue weighted by molar-refractivity contribution is -0.141. The monoisotopic (exact) mass is 258 g/mol. The molecule has 104 valence electrons. The van der Waals surface area contributed by atoms with Crippen molar-refractivity contribution in [2.45, 2.75) is 19.8 Å². The summed E-state index contributed by atoms with van der Waals surface area (Å²) in [4.78, 5) is 23.7. The molecule has 18 heavy (non-hydrogen) atoms. The molecule has 0 radical (unpaired) electrons. The fourth-order valence-electron chi connectivity index (χ4n) is 1.39. The highest BCUT2D eigenvalue weighted by Gasteiger charge is 2.12. The van der Waals surface area contributed by atoms with Gasteiger partial charge >= 0.3 is 12.0 Å². The summed E-state index contributed by atoms with van der Waals surface area (Å²) in [5.41, 5.74) is 0. The Morgan fingerprint density at radius 2 is 2.17 bits per heavy atom. The molecule has 2 amide bonds. The van der Waals surface area contributed by atoms with Crippen LogP contribution in [0.5, 0.6) is 0 Å². The van der Waals surface area contributed by atoms with Gasteiger partial charge in [0.25, 0.3) is 0 Å². The number of carboxylic acid groups (broad SMARTS) is 1. The maximum Gasteiger partial charge on any atom is 0.317 e. The van der Waals surface area contributed by atoms with Crippen LogP contribution in [0.3, 0.4) is 0 Å². The number of aliphatic carboxylic acids is 1. The molecule has 1 atom stereocenters. The Kier molecular flexibility index (Phi) is 8.65. The third-order valence-corrected chi connectivity index (χ3v) is 2.52. The summed E-state index contributed by atoms with van der Waals surface area (Å²) in [6.45, 7) is 6.13. The molecule has 0 saturated heterocycles. The molecule has 0 aromatic heterocycles. The molecule has 0 spiro atoms. The first-order valence-electron chi connectivity index (χ1n) is 6.00. The fraction of sp³-hybridized carbons (Fsp3) is 0.667. The van der Waals surface area contributed by atoms with E-state index in [2.05, 4.69) is 11.9 Å². The highest BCUT2D eigenvalue weighted by molar-refractivity contribution is 5.74. The second-order valence-electron chi connectivity index (χ2n) is 4.07. The highest BCUT2D eigenvalue weighted by Crippen LogP contribution is 2.04. The van der Waals surface area contributed by atoms with Gasteiger partial charge < -0.3 is 20.4 Å². The molecule has 0 aliphatic rings. The number of rotatable bonds is 9. The number of carboxylic acids is 1. The van der Waals surface area contributed by atoms with Crippen LogP contribution in [0.2, 0.25) is 0 Å². The topological polar surface area (TPSA) is 89.9 Å². The standard InChI is InChI=1S/C12H22N2O4/c1-3-7-14(8-9-15)12(18)13-6-4-5-10(2)11(16)17/h3,10,15H,1,4-9H2,2H3,(H,13,18)(H,16,17). The van der Waals surface area contributed by atoms with E-state index < -0.39 is 11.9 Å². The smallest absolute Gasteiger partial charge is 0.317 e. The molecule has 0 bridgehead atoms. The quantitative estimate of drug-likeness (QED) is 0.419. The van der Waals surface area contributed by atoms with Gasteiger partial charge in [-0.15, -0.1) is 6.58 Å². The molecule has 0 heterocycles. The van der Waals surface area contributed by atoms with Crippen molar-refractivity contribution >= 4 is 12.0 Å². The van der Waals surface area contributed by atoms with Crippen LogP contribution in [0.4, 0.5) is 4.79 Å². The number of aliphatic hydroxyl groups is 1. The summed E-state index contributed by atoms with van der Waals surface area (Å²) in [6.07, 6.45) is 2.72. The van der Waals surface area contributed by atoms with Crippen molar-refractivity contribution in [1.82, 2.24) is 10.2 Å². The highest BCUT2D eigenvalue weighted by atomic mass is 16.4. The van der Waals surface area contributed by atoms with Crippen molar-refractivity contribution in [1.29, 1.82) is 0 Å². The number of nitrogens with one attached hydrogen (secondary N) is 1. The van der Waals surface area contributed by atoms with Gasteiger partial charge in [0, 0.05) is 19.6 Å². The zero-order chi connectivity index (χ0) is 14.0. The third kappa shape index (κ3) is 6.90. The molecule has 0 fully saturated rings. The summed E-state index contributed by atoms with van der Waals surface area (Å²) in [5.74, 6) is -1.22. The van der Waals surface area contributed by atoms with Crippen LogP contribution in [-0.2, 0) is 4.79 Å². The van der Waals surface area contributed by atoms with Gasteiger partial charge in [0.2, 0.25) is 0 Å². The van der Waals surface area contributed by atoms with Crippen LogP contribution in [0.25, 0.3) is 0 Å². The summed E-state index contributed by atoms with van der Waals surface area (Å²) < 4.78 is 0. The predicted octanol–water partition coefficient (Wildman–Crippen LogP) is 0.677. The first kappa shape index (κ1) is 16.4. The van der Waals surface area contributed by atoms with E-state index in [1.54, 1.807) is 13.0 Å². The molecule has 0 aromatic carbocycles. The molecule has 1 unspecified atom stereocenters. The Bertz CT molecular complexity index is 281. The third-order valence-electron chi connectivity index (χ3n) is 2.52. The SMILES string of the molecule is C=CCN(CCO)C(=O)NCCCC(C)C(=O)O. The largest absolute Gasteiger partial charge is 0.481 e. The molecule has 0 saturated carbocycles. The Morgan fingerprint density at radius 1 is 1.50 bits per heavy atom. The summed E-state index contributed by atoms with van der Waals surface area (Å²) in [6, 6.07) is -0.271. The minimum atomic E-state index is -0.824. The van der Waals surface area contributed by atoms with Crippen LogP contribution in [0.15, 0.2) is 12.7 Å². The molecular formula is C12H22N2O4. The van der Waals surface area contributed by atoms with Crippen LogP contribution in [-0.4, -0.2) is 53.4 Å². The summed E-state index contributed by atoms with van der Waals surface area (Å²) in [7, 11) is 0. The van der Waals surface area contributed by atoms with E-state index in [0.29, 0.717) is 25.9 Å². The number of hydrogen-bond donors (Lipinski definition) is 3. The van der Waals surface area contributed by atoms with Gasteiger partial charge in [-0.2, -0.15) is 0 Å². The normalized spacial score (nSPS) is 11.7. The molecule has 0 aromatic rings. The molecule has 6 nitrogen and oxygen atoms in total. The average molecular weight is 258 g/mol. The maximum absolute atomic E-state index is 11.6. The van der Waals surface area contributed by atoms with Crippen LogP contribution >= 0.6 is 0 Å². The van der Waals surface area contributed by atoms with E-state index in [9.17, 15) is 9.59 Å². The van der Waals surface area contributed by atoms with Crippen molar-refractivity contribution in [3.63, 3.8) is 0 Å². The number of aliphatic hydroxyl groups excluding tert-OH is 1. The number of amides is 2. The van der Waals surface area contributed by atoms with Gasteiger partial charge in [0.15, 0.2) is 0 Å². The number of carbonyl (C=O) groups excluding carboxylic acids is 1. The average Bonchev–Trinajstić information content (AvgIpc) is 2.33. The van der Waals surface area contributed by atoms with Gasteiger partial charge in [-0.1, -0.05) is 13.0 Å². The molecule has 0 rings (SSSR count). The maximum atomic E-state index is 11.6. The number of nitrogens with zero attached hydrogens (tertiary/aromatic N) is 1. The number of carbonyl (C=O) groups is 2. The van der Waals surface area contributed by atoms with Gasteiger partial charge in [-0.25, -0.2) is 4.79 Å². The van der Waals surface area contributed by atoms with Crippen molar-refractivity contribution < 1.29 is 19.8 Å². The van der Waals surface area contributed by atoms with Crippen LogP contribution < -0.4 is 5.32 Å². The Hall–Kier alpha value is -1.56. The fourth-order valence-corrected chi connectivity index (χ4v) is 1.39. The van der Waals surface area contributed by atoms with E-state index >= 15 is 0 Å². The zero-order valence-electron chi connectivity index (χ0n) is 10.8. The molecule has 0 aliphatic heterocycles. The summed E-state index contributed by atoms with van der Waals surface area (Å²) >= 11 is 0. The predicted molar refractivity (Wildman–Crippen MR) is 68.3 cm³/mol. The van der Waals surface area contributed by atoms with Crippen LogP contribution in [0.1, 0.15) is 19.8 Å². The number of hydrogen-bond acceptors (Lipinski definition) is 3. The van der Waals surface area contributed by atoms with Crippen LogP contribution in [0, 0.1) is 5.92 Å². The Labute approximate surface area is 107 Å². The van der Waals surface area contributed by atoms with Gasteiger partial charge in [-0.3, -0.25) is 4.79 Å². The molecular weight excluding hydrogens is 236 g/mol. The van der Waals surface area contributed by atoms with Gasteiger partial charge in [0.05, 0.1) is 12.5 Å². The zero-order valence-corrected chi connectivity index (χ0v) is 10.8. The second-order valence-corrected chi connectivity index (χ2v) is 4.07. The van der Waals surface area contributed by atoms with Gasteiger partial charge in [-0.05, 0) is 12.8 Å². The lowest BCUT2D eigenvalue weighted by Gasteiger charge is -2.20. The van der Waals surface area contributed by atoms with Crippen molar-refractivity contribution in [3.8, 4) is 0 Å². The van der Waals surface area contributed by atoms with Gasteiger partial charge in [0.1, 0.15) is 0 Å². The van der Waals surface area contributed by atoms with Crippen molar-refractivity contribution in [2.24, 2.45) is 5.92 Å². The van der Waals surface area contributed by atoms with E-state index in [4.69, 9.17) is 10.2 Å². The van der Waals surface area contributed by atoms with Crippen molar-refractivity contribution in [3.05, 3.63) is 12.7 Å². The van der Waals surface area contributed by atoms with E-state index in [-0.39, 0.29) is 19.2 Å². The lowest BCUT2D eigenvalue weighted by Crippen LogP contribution is -2.42. The second kappa shape index (κ2) is 9.47. The first-order chi connectivity index (χ1) is 8.52. The minimum absolute atomic E-state index is 0.0999. The molecule has 6 heteroatoms. The minimum Gasteiger partial charge on any atom is -0.481 e.